The summed E-state index contributed by atoms with van der Waals surface area (Å²) in [6.45, 7) is 6.03. The first kappa shape index (κ1) is 15.0. The van der Waals surface area contributed by atoms with Crippen LogP contribution >= 0.6 is 0 Å². The van der Waals surface area contributed by atoms with Crippen LogP contribution in [0.3, 0.4) is 0 Å². The summed E-state index contributed by atoms with van der Waals surface area (Å²) in [7, 11) is 0. The van der Waals surface area contributed by atoms with Crippen LogP contribution in [-0.2, 0) is 16.0 Å². The van der Waals surface area contributed by atoms with Gasteiger partial charge in [0, 0.05) is 12.3 Å². The fourth-order valence-electron chi connectivity index (χ4n) is 5.55. The van der Waals surface area contributed by atoms with Crippen molar-refractivity contribution >= 4 is 5.97 Å². The second kappa shape index (κ2) is 5.22. The van der Waals surface area contributed by atoms with E-state index in [2.05, 4.69) is 38.1 Å². The van der Waals surface area contributed by atoms with Crippen molar-refractivity contribution in [3.8, 4) is 0 Å². The number of carbonyl (C=O) groups is 1. The van der Waals surface area contributed by atoms with Gasteiger partial charge in [0.05, 0.1) is 0 Å². The number of allylic oxidation sites excluding steroid dienone is 2. The molecule has 0 aromatic heterocycles. The zero-order chi connectivity index (χ0) is 16.2. The molecule has 1 saturated carbocycles. The highest BCUT2D eigenvalue weighted by Crippen LogP contribution is 2.61. The van der Waals surface area contributed by atoms with Crippen LogP contribution < -0.4 is 0 Å². The molecule has 0 heterocycles. The number of benzene rings is 1. The standard InChI is InChI=1S/C21H26O2/c1-13-4-6-16-15(12-13)5-7-18-17(16)10-11-21(3)19(18)8-9-20(21)23-14(2)22/h4,6,9,12,17-19H,5,7-8,10-11H2,1-3H3/t17?,18?,19?,21-/m0/s1. The minimum absolute atomic E-state index is 0.0645. The van der Waals surface area contributed by atoms with Crippen LogP contribution in [0.5, 0.6) is 0 Å². The fraction of sp³-hybridized carbons (Fsp3) is 0.571. The lowest BCUT2D eigenvalue weighted by Gasteiger charge is -2.49. The van der Waals surface area contributed by atoms with Gasteiger partial charge in [-0.05, 0) is 74.0 Å². The molecule has 3 unspecified atom stereocenters. The summed E-state index contributed by atoms with van der Waals surface area (Å²) < 4.78 is 5.57. The molecule has 0 saturated heterocycles. The maximum Gasteiger partial charge on any atom is 0.307 e. The largest absolute Gasteiger partial charge is 0.431 e. The molecule has 122 valence electrons. The number of rotatable bonds is 1. The summed E-state index contributed by atoms with van der Waals surface area (Å²) in [4.78, 5) is 11.4. The van der Waals surface area contributed by atoms with Gasteiger partial charge < -0.3 is 4.74 Å². The van der Waals surface area contributed by atoms with Crippen molar-refractivity contribution in [1.82, 2.24) is 0 Å². The van der Waals surface area contributed by atoms with Crippen molar-refractivity contribution in [2.75, 3.05) is 0 Å². The molecule has 3 aliphatic rings. The van der Waals surface area contributed by atoms with E-state index in [0.29, 0.717) is 11.8 Å². The molecule has 0 aliphatic heterocycles. The number of hydrogen-bond acceptors (Lipinski definition) is 2. The third kappa shape index (κ3) is 2.26. The van der Waals surface area contributed by atoms with Gasteiger partial charge in [-0.2, -0.15) is 0 Å². The molecule has 0 bridgehead atoms. The average molecular weight is 310 g/mol. The lowest BCUT2D eigenvalue weighted by Crippen LogP contribution is -2.41. The van der Waals surface area contributed by atoms with Crippen LogP contribution in [0.25, 0.3) is 0 Å². The first-order valence-corrected chi connectivity index (χ1v) is 8.97. The molecule has 23 heavy (non-hydrogen) atoms. The van der Waals surface area contributed by atoms with E-state index < -0.39 is 0 Å². The van der Waals surface area contributed by atoms with Crippen LogP contribution in [0.2, 0.25) is 0 Å². The molecular weight excluding hydrogens is 284 g/mol. The van der Waals surface area contributed by atoms with Crippen molar-refractivity contribution in [2.45, 2.75) is 58.8 Å². The molecular formula is C21H26O2. The van der Waals surface area contributed by atoms with E-state index >= 15 is 0 Å². The van der Waals surface area contributed by atoms with E-state index in [-0.39, 0.29) is 11.4 Å². The summed E-state index contributed by atoms with van der Waals surface area (Å²) in [6, 6.07) is 7.03. The molecule has 0 radical (unpaired) electrons. The number of ether oxygens (including phenoxy) is 1. The number of hydrogen-bond donors (Lipinski definition) is 0. The van der Waals surface area contributed by atoms with Crippen LogP contribution in [0.4, 0.5) is 0 Å². The van der Waals surface area contributed by atoms with E-state index in [1.54, 1.807) is 11.1 Å². The van der Waals surface area contributed by atoms with Gasteiger partial charge in [-0.3, -0.25) is 4.79 Å². The van der Waals surface area contributed by atoms with Crippen LogP contribution in [0.1, 0.15) is 62.1 Å². The Labute approximate surface area is 138 Å². The molecule has 0 N–H and O–H groups in total. The van der Waals surface area contributed by atoms with Crippen molar-refractivity contribution in [2.24, 2.45) is 17.3 Å². The molecule has 1 fully saturated rings. The van der Waals surface area contributed by atoms with E-state index in [9.17, 15) is 4.79 Å². The van der Waals surface area contributed by atoms with Gasteiger partial charge >= 0.3 is 5.97 Å². The van der Waals surface area contributed by atoms with Gasteiger partial charge in [0.25, 0.3) is 0 Å². The van der Waals surface area contributed by atoms with Crippen LogP contribution in [0.15, 0.2) is 30.0 Å². The number of esters is 1. The predicted molar refractivity (Wildman–Crippen MR) is 91.0 cm³/mol. The molecule has 2 heteroatoms. The van der Waals surface area contributed by atoms with Crippen molar-refractivity contribution < 1.29 is 9.53 Å². The summed E-state index contributed by atoms with van der Waals surface area (Å²) in [5, 5.41) is 0. The number of fused-ring (bicyclic) bond motifs is 5. The van der Waals surface area contributed by atoms with Gasteiger partial charge in [0.1, 0.15) is 5.76 Å². The minimum atomic E-state index is -0.176. The normalized spacial score (nSPS) is 34.9. The maximum atomic E-state index is 11.4. The summed E-state index contributed by atoms with van der Waals surface area (Å²) in [5.41, 5.74) is 4.60. The van der Waals surface area contributed by atoms with E-state index in [0.717, 1.165) is 24.5 Å². The minimum Gasteiger partial charge on any atom is -0.431 e. The summed E-state index contributed by atoms with van der Waals surface area (Å²) in [6.07, 6.45) is 8.09. The van der Waals surface area contributed by atoms with Crippen LogP contribution in [-0.4, -0.2) is 5.97 Å². The number of aryl methyl sites for hydroxylation is 2. The number of carbonyl (C=O) groups excluding carboxylic acids is 1. The second-order valence-corrected chi connectivity index (χ2v) is 7.97. The van der Waals surface area contributed by atoms with E-state index in [4.69, 9.17) is 4.74 Å². The Hall–Kier alpha value is -1.57. The molecule has 2 nitrogen and oxygen atoms in total. The van der Waals surface area contributed by atoms with Gasteiger partial charge in [-0.1, -0.05) is 30.7 Å². The Bertz CT molecular complexity index is 687. The zero-order valence-corrected chi connectivity index (χ0v) is 14.4. The Kier molecular flexibility index (Phi) is 3.40. The third-order valence-corrected chi connectivity index (χ3v) is 6.65. The molecule has 1 aromatic rings. The van der Waals surface area contributed by atoms with Gasteiger partial charge in [-0.15, -0.1) is 0 Å². The highest BCUT2D eigenvalue weighted by molar-refractivity contribution is 5.67. The SMILES string of the molecule is CC(=O)OC1=CCC2C3CCc4cc(C)ccc4C3CC[C@]12C. The van der Waals surface area contributed by atoms with Crippen molar-refractivity contribution in [3.05, 3.63) is 46.7 Å². The zero-order valence-electron chi connectivity index (χ0n) is 14.4. The molecule has 1 aromatic carbocycles. The summed E-state index contributed by atoms with van der Waals surface area (Å²) in [5.74, 6) is 2.83. The monoisotopic (exact) mass is 310 g/mol. The topological polar surface area (TPSA) is 26.3 Å². The molecule has 4 atom stereocenters. The Morgan fingerprint density at radius 2 is 2.13 bits per heavy atom. The molecule has 4 rings (SSSR count). The first-order valence-electron chi connectivity index (χ1n) is 8.97. The lowest BCUT2D eigenvalue weighted by atomic mass is 9.55. The Morgan fingerprint density at radius 1 is 1.30 bits per heavy atom. The van der Waals surface area contributed by atoms with Crippen LogP contribution in [0, 0.1) is 24.2 Å². The van der Waals surface area contributed by atoms with Gasteiger partial charge in [-0.25, -0.2) is 0 Å². The van der Waals surface area contributed by atoms with E-state index in [1.165, 1.54) is 31.7 Å². The van der Waals surface area contributed by atoms with Gasteiger partial charge in [0.15, 0.2) is 0 Å². The van der Waals surface area contributed by atoms with Gasteiger partial charge in [0.2, 0.25) is 0 Å². The predicted octanol–water partition coefficient (Wildman–Crippen LogP) is 4.91. The van der Waals surface area contributed by atoms with E-state index in [1.807, 2.05) is 0 Å². The first-order chi connectivity index (χ1) is 11.0. The second-order valence-electron chi connectivity index (χ2n) is 7.97. The summed E-state index contributed by atoms with van der Waals surface area (Å²) >= 11 is 0. The third-order valence-electron chi connectivity index (χ3n) is 6.65. The molecule has 3 aliphatic carbocycles. The highest BCUT2D eigenvalue weighted by Gasteiger charge is 2.53. The Morgan fingerprint density at radius 3 is 2.91 bits per heavy atom. The molecule has 0 amide bonds. The fourth-order valence-corrected chi connectivity index (χ4v) is 5.55. The van der Waals surface area contributed by atoms with Crippen molar-refractivity contribution in [1.29, 1.82) is 0 Å². The Balaban J connectivity index is 1.64. The smallest absolute Gasteiger partial charge is 0.307 e. The maximum absolute atomic E-state index is 11.4. The average Bonchev–Trinajstić information content (AvgIpc) is 2.83. The van der Waals surface area contributed by atoms with Crippen molar-refractivity contribution in [3.63, 3.8) is 0 Å². The highest BCUT2D eigenvalue weighted by atomic mass is 16.5. The lowest BCUT2D eigenvalue weighted by molar-refractivity contribution is -0.139. The molecule has 0 spiro atoms. The quantitative estimate of drug-likeness (QED) is 0.689.